The molecule has 7 heteroatoms. The molecule has 26 heavy (non-hydrogen) atoms. The van der Waals surface area contributed by atoms with Gasteiger partial charge >= 0.3 is 0 Å². The van der Waals surface area contributed by atoms with E-state index < -0.39 is 0 Å². The first-order valence-electron chi connectivity index (χ1n) is 8.82. The van der Waals surface area contributed by atoms with Crippen molar-refractivity contribution < 1.29 is 0 Å². The molecule has 0 aromatic carbocycles. The number of aromatic nitrogens is 5. The van der Waals surface area contributed by atoms with Crippen LogP contribution in [-0.4, -0.2) is 38.0 Å². The van der Waals surface area contributed by atoms with Crippen molar-refractivity contribution >= 4 is 17.6 Å². The van der Waals surface area contributed by atoms with Crippen molar-refractivity contribution in [2.75, 3.05) is 23.3 Å². The number of anilines is 3. The van der Waals surface area contributed by atoms with E-state index in [1.54, 1.807) is 30.9 Å². The van der Waals surface area contributed by atoms with E-state index in [1.807, 2.05) is 19.1 Å². The second kappa shape index (κ2) is 7.43. The van der Waals surface area contributed by atoms with Gasteiger partial charge in [-0.2, -0.15) is 0 Å². The fraction of sp³-hybridized carbons (Fsp3) is 0.316. The topological polar surface area (TPSA) is 79.7 Å². The quantitative estimate of drug-likeness (QED) is 0.777. The summed E-state index contributed by atoms with van der Waals surface area (Å²) < 4.78 is 0. The number of aryl methyl sites for hydroxylation is 1. The number of pyridine rings is 1. The van der Waals surface area contributed by atoms with E-state index >= 15 is 0 Å². The summed E-state index contributed by atoms with van der Waals surface area (Å²) in [6, 6.07) is 7.76. The summed E-state index contributed by atoms with van der Waals surface area (Å²) in [5.41, 5.74) is 3.03. The van der Waals surface area contributed by atoms with Gasteiger partial charge < -0.3 is 10.2 Å². The Balaban J connectivity index is 1.55. The third-order valence-electron chi connectivity index (χ3n) is 4.47. The molecule has 0 aliphatic carbocycles. The summed E-state index contributed by atoms with van der Waals surface area (Å²) in [6.07, 6.45) is 9.24. The van der Waals surface area contributed by atoms with Gasteiger partial charge in [-0.25, -0.2) is 19.9 Å². The lowest BCUT2D eigenvalue weighted by Gasteiger charge is -2.32. The average molecular weight is 347 g/mol. The van der Waals surface area contributed by atoms with Crippen LogP contribution in [0, 0.1) is 6.92 Å². The molecule has 0 saturated carbocycles. The first-order chi connectivity index (χ1) is 12.8. The first-order valence-corrected chi connectivity index (χ1v) is 8.82. The zero-order valence-corrected chi connectivity index (χ0v) is 14.7. The molecule has 1 aliphatic rings. The Bertz CT molecular complexity index is 854. The van der Waals surface area contributed by atoms with Crippen molar-refractivity contribution in [3.63, 3.8) is 0 Å². The lowest BCUT2D eigenvalue weighted by molar-refractivity contribution is 0.495. The van der Waals surface area contributed by atoms with E-state index in [1.165, 1.54) is 0 Å². The van der Waals surface area contributed by atoms with E-state index in [0.29, 0.717) is 11.9 Å². The van der Waals surface area contributed by atoms with Gasteiger partial charge in [0.2, 0.25) is 11.9 Å². The van der Waals surface area contributed by atoms with E-state index in [-0.39, 0.29) is 0 Å². The van der Waals surface area contributed by atoms with Crippen LogP contribution in [0.4, 0.5) is 17.6 Å². The van der Waals surface area contributed by atoms with Crippen LogP contribution in [0.25, 0.3) is 0 Å². The van der Waals surface area contributed by atoms with Crippen LogP contribution < -0.4 is 10.2 Å². The minimum absolute atomic E-state index is 0.352. The Hall–Kier alpha value is -3.09. The smallest absolute Gasteiger partial charge is 0.227 e. The lowest BCUT2D eigenvalue weighted by Crippen LogP contribution is -2.35. The molecule has 4 rings (SSSR count). The lowest BCUT2D eigenvalue weighted by atomic mass is 9.94. The van der Waals surface area contributed by atoms with Crippen LogP contribution in [0.5, 0.6) is 0 Å². The third-order valence-corrected chi connectivity index (χ3v) is 4.47. The van der Waals surface area contributed by atoms with E-state index in [0.717, 1.165) is 49.0 Å². The highest BCUT2D eigenvalue weighted by atomic mass is 15.2. The maximum Gasteiger partial charge on any atom is 0.227 e. The molecular weight excluding hydrogens is 326 g/mol. The Morgan fingerprint density at radius 3 is 2.50 bits per heavy atom. The summed E-state index contributed by atoms with van der Waals surface area (Å²) in [5, 5.41) is 3.27. The predicted octanol–water partition coefficient (Wildman–Crippen LogP) is 3.10. The molecule has 0 amide bonds. The highest BCUT2D eigenvalue weighted by molar-refractivity contribution is 5.54. The largest absolute Gasteiger partial charge is 0.340 e. The van der Waals surface area contributed by atoms with Crippen molar-refractivity contribution in [1.82, 2.24) is 24.9 Å². The summed E-state index contributed by atoms with van der Waals surface area (Å²) >= 11 is 0. The standard InChI is InChI=1S/C19H21N7/c1-14-11-16(25-18-20-6-3-7-21-18)12-17(24-14)15-5-2-10-26(13-15)19-22-8-4-9-23-19/h3-4,6-9,11-12,15H,2,5,10,13H2,1H3,(H,20,21,24,25). The van der Waals surface area contributed by atoms with Crippen LogP contribution >= 0.6 is 0 Å². The molecule has 3 aromatic rings. The zero-order valence-electron chi connectivity index (χ0n) is 14.7. The molecule has 0 bridgehead atoms. The minimum atomic E-state index is 0.352. The van der Waals surface area contributed by atoms with Gasteiger partial charge in [-0.3, -0.25) is 4.98 Å². The Morgan fingerprint density at radius 2 is 1.73 bits per heavy atom. The van der Waals surface area contributed by atoms with Crippen LogP contribution in [0.15, 0.2) is 49.1 Å². The van der Waals surface area contributed by atoms with E-state index in [4.69, 9.17) is 4.98 Å². The Labute approximate surface area is 152 Å². The van der Waals surface area contributed by atoms with Gasteiger partial charge in [0, 0.05) is 60.9 Å². The maximum absolute atomic E-state index is 4.78. The summed E-state index contributed by atoms with van der Waals surface area (Å²) in [7, 11) is 0. The summed E-state index contributed by atoms with van der Waals surface area (Å²) in [6.45, 7) is 3.87. The molecule has 1 unspecified atom stereocenters. The van der Waals surface area contributed by atoms with Crippen molar-refractivity contribution in [2.24, 2.45) is 0 Å². The normalized spacial score (nSPS) is 17.1. The molecule has 3 aromatic heterocycles. The monoisotopic (exact) mass is 347 g/mol. The van der Waals surface area contributed by atoms with Crippen molar-refractivity contribution in [1.29, 1.82) is 0 Å². The van der Waals surface area contributed by atoms with Crippen molar-refractivity contribution in [3.05, 3.63) is 60.4 Å². The van der Waals surface area contributed by atoms with E-state index in [9.17, 15) is 0 Å². The van der Waals surface area contributed by atoms with Crippen molar-refractivity contribution in [3.8, 4) is 0 Å². The second-order valence-corrected chi connectivity index (χ2v) is 6.45. The second-order valence-electron chi connectivity index (χ2n) is 6.45. The van der Waals surface area contributed by atoms with Crippen LogP contribution in [-0.2, 0) is 0 Å². The SMILES string of the molecule is Cc1cc(Nc2ncccn2)cc(C2CCCN(c3ncccn3)C2)n1. The predicted molar refractivity (Wildman–Crippen MR) is 101 cm³/mol. The minimum Gasteiger partial charge on any atom is -0.340 e. The van der Waals surface area contributed by atoms with Gasteiger partial charge in [-0.05, 0) is 44.0 Å². The highest BCUT2D eigenvalue weighted by Crippen LogP contribution is 2.29. The van der Waals surface area contributed by atoms with Crippen LogP contribution in [0.3, 0.4) is 0 Å². The molecule has 1 atom stereocenters. The molecule has 132 valence electrons. The molecule has 0 spiro atoms. The van der Waals surface area contributed by atoms with Crippen LogP contribution in [0.2, 0.25) is 0 Å². The highest BCUT2D eigenvalue weighted by Gasteiger charge is 2.24. The maximum atomic E-state index is 4.78. The Kier molecular flexibility index (Phi) is 4.68. The molecule has 1 saturated heterocycles. The summed E-state index contributed by atoms with van der Waals surface area (Å²) in [4.78, 5) is 24.3. The molecule has 1 N–H and O–H groups in total. The molecule has 7 nitrogen and oxygen atoms in total. The molecule has 4 heterocycles. The number of nitrogens with one attached hydrogen (secondary N) is 1. The first kappa shape index (κ1) is 16.4. The van der Waals surface area contributed by atoms with Gasteiger partial charge in [0.1, 0.15) is 0 Å². The summed E-state index contributed by atoms with van der Waals surface area (Å²) in [5.74, 6) is 1.73. The fourth-order valence-corrected chi connectivity index (χ4v) is 3.32. The molecule has 1 fully saturated rings. The fourth-order valence-electron chi connectivity index (χ4n) is 3.32. The van der Waals surface area contributed by atoms with E-state index in [2.05, 4.69) is 36.2 Å². The molecular formula is C19H21N7. The van der Waals surface area contributed by atoms with Gasteiger partial charge in [0.15, 0.2) is 0 Å². The zero-order chi connectivity index (χ0) is 17.8. The van der Waals surface area contributed by atoms with Crippen LogP contribution in [0.1, 0.15) is 30.1 Å². The van der Waals surface area contributed by atoms with Gasteiger partial charge in [0.25, 0.3) is 0 Å². The number of hydrogen-bond acceptors (Lipinski definition) is 7. The molecule has 1 aliphatic heterocycles. The van der Waals surface area contributed by atoms with Gasteiger partial charge in [-0.15, -0.1) is 0 Å². The number of piperidine rings is 1. The molecule has 0 radical (unpaired) electrons. The third kappa shape index (κ3) is 3.77. The van der Waals surface area contributed by atoms with Crippen molar-refractivity contribution in [2.45, 2.75) is 25.7 Å². The van der Waals surface area contributed by atoms with Gasteiger partial charge in [0.05, 0.1) is 0 Å². The average Bonchev–Trinajstić information content (AvgIpc) is 2.69. The number of rotatable bonds is 4. The van der Waals surface area contributed by atoms with Gasteiger partial charge in [-0.1, -0.05) is 0 Å². The number of nitrogens with zero attached hydrogens (tertiary/aromatic N) is 6. The Morgan fingerprint density at radius 1 is 1.00 bits per heavy atom. The number of hydrogen-bond donors (Lipinski definition) is 1.